The van der Waals surface area contributed by atoms with Crippen molar-refractivity contribution in [3.8, 4) is 5.69 Å². The average molecular weight is 366 g/mol. The molecule has 4 rings (SSSR count). The first-order chi connectivity index (χ1) is 12.7. The molecule has 132 valence electrons. The van der Waals surface area contributed by atoms with Gasteiger partial charge in [0.2, 0.25) is 5.78 Å². The smallest absolute Gasteiger partial charge is 0.267 e. The van der Waals surface area contributed by atoms with Crippen LogP contribution in [-0.2, 0) is 4.74 Å². The molecule has 0 radical (unpaired) electrons. The normalized spacial score (nSPS) is 11.5. The Morgan fingerprint density at radius 1 is 1.08 bits per heavy atom. The summed E-state index contributed by atoms with van der Waals surface area (Å²) in [4.78, 5) is 13.2. The summed E-state index contributed by atoms with van der Waals surface area (Å²) in [5, 5.41) is 10.1. The van der Waals surface area contributed by atoms with Gasteiger partial charge in [-0.3, -0.25) is 9.20 Å². The highest BCUT2D eigenvalue weighted by molar-refractivity contribution is 7.99. The third kappa shape index (κ3) is 2.69. The molecule has 0 aliphatic rings. The third-order valence-corrected chi connectivity index (χ3v) is 5.16. The molecule has 7 heteroatoms. The molecule has 2 aromatic carbocycles. The van der Waals surface area contributed by atoms with E-state index in [1.54, 1.807) is 23.4 Å². The van der Waals surface area contributed by atoms with Crippen molar-refractivity contribution in [2.24, 2.45) is 0 Å². The van der Waals surface area contributed by atoms with Crippen molar-refractivity contribution in [1.29, 1.82) is 0 Å². The Hall–Kier alpha value is -2.64. The molecule has 0 unspecified atom stereocenters. The predicted octanol–water partition coefficient (Wildman–Crippen LogP) is 3.08. The number of ether oxygens (including phenoxy) is 1. The molecule has 0 bridgehead atoms. The van der Waals surface area contributed by atoms with E-state index in [2.05, 4.69) is 10.2 Å². The molecule has 0 saturated carbocycles. The van der Waals surface area contributed by atoms with E-state index in [1.165, 1.54) is 0 Å². The van der Waals surface area contributed by atoms with Crippen molar-refractivity contribution in [2.75, 3.05) is 19.5 Å². The lowest BCUT2D eigenvalue weighted by Crippen LogP contribution is -2.22. The molecule has 0 saturated heterocycles. The Balaban J connectivity index is 2.07. The summed E-state index contributed by atoms with van der Waals surface area (Å²) in [6.07, 6.45) is 0. The molecule has 0 N–H and O–H groups in total. The number of nitrogens with zero attached hydrogens (tertiary/aromatic N) is 4. The highest BCUT2D eigenvalue weighted by Crippen LogP contribution is 2.23. The van der Waals surface area contributed by atoms with Crippen molar-refractivity contribution >= 4 is 28.4 Å². The van der Waals surface area contributed by atoms with Gasteiger partial charge in [-0.2, -0.15) is 0 Å². The van der Waals surface area contributed by atoms with E-state index in [-0.39, 0.29) is 5.56 Å². The van der Waals surface area contributed by atoms with Crippen LogP contribution in [0.1, 0.15) is 5.56 Å². The van der Waals surface area contributed by atoms with Crippen molar-refractivity contribution in [2.45, 2.75) is 12.1 Å². The van der Waals surface area contributed by atoms with Gasteiger partial charge in [-0.25, -0.2) is 4.57 Å². The highest BCUT2D eigenvalue weighted by atomic mass is 32.2. The first-order valence-corrected chi connectivity index (χ1v) is 9.27. The Bertz CT molecular complexity index is 1150. The minimum Gasteiger partial charge on any atom is -0.384 e. The number of aryl methyl sites for hydroxylation is 1. The van der Waals surface area contributed by atoms with Crippen LogP contribution in [-0.4, -0.2) is 38.6 Å². The number of thioether (sulfide) groups is 1. The molecule has 0 aliphatic heterocycles. The molecule has 2 aromatic heterocycles. The third-order valence-electron chi connectivity index (χ3n) is 4.27. The monoisotopic (exact) mass is 366 g/mol. The van der Waals surface area contributed by atoms with Crippen LogP contribution in [0.15, 0.2) is 58.5 Å². The van der Waals surface area contributed by atoms with Crippen molar-refractivity contribution in [1.82, 2.24) is 19.2 Å². The second-order valence-electron chi connectivity index (χ2n) is 5.90. The van der Waals surface area contributed by atoms with Gasteiger partial charge in [0.15, 0.2) is 5.16 Å². The minimum absolute atomic E-state index is 0.0942. The van der Waals surface area contributed by atoms with Crippen LogP contribution < -0.4 is 5.56 Å². The van der Waals surface area contributed by atoms with Gasteiger partial charge in [0.25, 0.3) is 5.56 Å². The van der Waals surface area contributed by atoms with Gasteiger partial charge in [-0.05, 0) is 30.7 Å². The summed E-state index contributed by atoms with van der Waals surface area (Å²) in [6.45, 7) is 2.60. The first kappa shape index (κ1) is 16.8. The van der Waals surface area contributed by atoms with E-state index in [1.807, 2.05) is 59.9 Å². The van der Waals surface area contributed by atoms with Gasteiger partial charge in [0.05, 0.1) is 23.2 Å². The summed E-state index contributed by atoms with van der Waals surface area (Å²) in [5.41, 5.74) is 2.53. The second kappa shape index (κ2) is 6.93. The standard InChI is InChI=1S/C19H18N4O2S/c1-13-7-3-5-9-15(13)22-17(24)14-8-4-6-10-16(14)23-18(22)20-21-19(23)26-12-11-25-2/h3-10H,11-12H2,1-2H3. The summed E-state index contributed by atoms with van der Waals surface area (Å²) in [5.74, 6) is 1.28. The zero-order chi connectivity index (χ0) is 18.1. The van der Waals surface area contributed by atoms with Crippen LogP contribution in [0.5, 0.6) is 0 Å². The summed E-state index contributed by atoms with van der Waals surface area (Å²) >= 11 is 1.56. The largest absolute Gasteiger partial charge is 0.384 e. The summed E-state index contributed by atoms with van der Waals surface area (Å²) in [6, 6.07) is 15.4. The maximum atomic E-state index is 13.2. The lowest BCUT2D eigenvalue weighted by atomic mass is 10.2. The van der Waals surface area contributed by atoms with E-state index in [4.69, 9.17) is 4.74 Å². The van der Waals surface area contributed by atoms with Crippen LogP contribution >= 0.6 is 11.8 Å². The molecule has 0 amide bonds. The van der Waals surface area contributed by atoms with Crippen molar-refractivity contribution < 1.29 is 4.74 Å². The van der Waals surface area contributed by atoms with E-state index in [0.29, 0.717) is 17.8 Å². The Labute approximate surface area is 154 Å². The number of aromatic nitrogens is 4. The van der Waals surface area contributed by atoms with Crippen LogP contribution in [0.3, 0.4) is 0 Å². The van der Waals surface area contributed by atoms with Gasteiger partial charge < -0.3 is 4.74 Å². The fraction of sp³-hybridized carbons (Fsp3) is 0.211. The van der Waals surface area contributed by atoms with Gasteiger partial charge in [-0.15, -0.1) is 10.2 Å². The lowest BCUT2D eigenvalue weighted by Gasteiger charge is -2.13. The number of benzene rings is 2. The average Bonchev–Trinajstić information content (AvgIpc) is 3.07. The second-order valence-corrected chi connectivity index (χ2v) is 6.97. The van der Waals surface area contributed by atoms with E-state index < -0.39 is 0 Å². The first-order valence-electron chi connectivity index (χ1n) is 8.29. The van der Waals surface area contributed by atoms with E-state index in [9.17, 15) is 4.79 Å². The molecule has 0 fully saturated rings. The van der Waals surface area contributed by atoms with Gasteiger partial charge in [0, 0.05) is 12.9 Å². The molecular formula is C19H18N4O2S. The van der Waals surface area contributed by atoms with Crippen LogP contribution in [0.4, 0.5) is 0 Å². The topological polar surface area (TPSA) is 61.4 Å². The SMILES string of the molecule is COCCSc1nnc2n(-c3ccccc3C)c(=O)c3ccccc3n12. The molecule has 26 heavy (non-hydrogen) atoms. The Morgan fingerprint density at radius 2 is 1.85 bits per heavy atom. The molecule has 6 nitrogen and oxygen atoms in total. The maximum Gasteiger partial charge on any atom is 0.267 e. The Morgan fingerprint density at radius 3 is 2.65 bits per heavy atom. The van der Waals surface area contributed by atoms with Gasteiger partial charge in [0.1, 0.15) is 0 Å². The quantitative estimate of drug-likeness (QED) is 0.401. The zero-order valence-electron chi connectivity index (χ0n) is 14.5. The highest BCUT2D eigenvalue weighted by Gasteiger charge is 2.18. The van der Waals surface area contributed by atoms with Crippen LogP contribution in [0, 0.1) is 6.92 Å². The fourth-order valence-corrected chi connectivity index (χ4v) is 3.86. The number of methoxy groups -OCH3 is 1. The van der Waals surface area contributed by atoms with Gasteiger partial charge in [-0.1, -0.05) is 42.1 Å². The number of hydrogen-bond donors (Lipinski definition) is 0. The van der Waals surface area contributed by atoms with E-state index in [0.717, 1.165) is 27.7 Å². The molecular weight excluding hydrogens is 348 g/mol. The van der Waals surface area contributed by atoms with Crippen LogP contribution in [0.2, 0.25) is 0 Å². The number of rotatable bonds is 5. The van der Waals surface area contributed by atoms with E-state index >= 15 is 0 Å². The van der Waals surface area contributed by atoms with Crippen molar-refractivity contribution in [3.05, 3.63) is 64.4 Å². The van der Waals surface area contributed by atoms with Crippen LogP contribution in [0.25, 0.3) is 22.4 Å². The maximum absolute atomic E-state index is 13.2. The lowest BCUT2D eigenvalue weighted by molar-refractivity contribution is 0.218. The fourth-order valence-electron chi connectivity index (χ4n) is 3.02. The Kier molecular flexibility index (Phi) is 4.48. The number of hydrogen-bond acceptors (Lipinski definition) is 5. The minimum atomic E-state index is -0.0942. The van der Waals surface area contributed by atoms with Gasteiger partial charge >= 0.3 is 0 Å². The number of fused-ring (bicyclic) bond motifs is 3. The molecule has 0 atom stereocenters. The predicted molar refractivity (Wildman–Crippen MR) is 103 cm³/mol. The summed E-state index contributed by atoms with van der Waals surface area (Å²) < 4.78 is 8.73. The van der Waals surface area contributed by atoms with Crippen molar-refractivity contribution in [3.63, 3.8) is 0 Å². The summed E-state index contributed by atoms with van der Waals surface area (Å²) in [7, 11) is 1.67. The molecule has 0 spiro atoms. The number of para-hydroxylation sites is 2. The molecule has 2 heterocycles. The zero-order valence-corrected chi connectivity index (χ0v) is 15.4. The molecule has 4 aromatic rings. The molecule has 0 aliphatic carbocycles.